The van der Waals surface area contributed by atoms with Crippen LogP contribution in [-0.2, 0) is 9.59 Å². The number of rotatable bonds is 4. The van der Waals surface area contributed by atoms with E-state index in [0.29, 0.717) is 0 Å². The maximum absolute atomic E-state index is 12.1. The molecule has 21 heavy (non-hydrogen) atoms. The first-order valence-electron chi connectivity index (χ1n) is 5.76. The molecule has 1 aromatic rings. The molecule has 9 heteroatoms. The number of anilines is 1. The summed E-state index contributed by atoms with van der Waals surface area (Å²) in [4.78, 5) is 22.4. The van der Waals surface area contributed by atoms with Crippen LogP contribution in [0.5, 0.6) is 5.75 Å². The molecule has 1 aliphatic carbocycles. The number of hydrogen-bond donors (Lipinski definition) is 2. The molecule has 1 fully saturated rings. The zero-order valence-electron chi connectivity index (χ0n) is 10.3. The van der Waals surface area contributed by atoms with Crippen LogP contribution in [0.15, 0.2) is 22.7 Å². The first-order valence-corrected chi connectivity index (χ1v) is 6.55. The number of alkyl halides is 3. The summed E-state index contributed by atoms with van der Waals surface area (Å²) in [5.41, 5.74) is 0.248. The van der Waals surface area contributed by atoms with E-state index < -0.39 is 35.8 Å². The van der Waals surface area contributed by atoms with Gasteiger partial charge in [-0.3, -0.25) is 9.59 Å². The second-order valence-corrected chi connectivity index (χ2v) is 5.32. The van der Waals surface area contributed by atoms with E-state index in [2.05, 4.69) is 26.0 Å². The molecule has 0 heterocycles. The lowest BCUT2D eigenvalue weighted by atomic mass is 10.2. The smallest absolute Gasteiger partial charge is 0.481 e. The molecule has 2 atom stereocenters. The maximum atomic E-state index is 12.1. The SMILES string of the molecule is O=C(O)C1CC1C(=O)Nc1ccc(OC(F)(F)F)c(Br)c1. The van der Waals surface area contributed by atoms with E-state index in [4.69, 9.17) is 5.11 Å². The van der Waals surface area contributed by atoms with Gasteiger partial charge in [0, 0.05) is 5.69 Å². The fourth-order valence-electron chi connectivity index (χ4n) is 1.78. The lowest BCUT2D eigenvalue weighted by molar-refractivity contribution is -0.274. The van der Waals surface area contributed by atoms with Crippen LogP contribution in [-0.4, -0.2) is 23.3 Å². The summed E-state index contributed by atoms with van der Waals surface area (Å²) in [7, 11) is 0. The van der Waals surface area contributed by atoms with Crippen molar-refractivity contribution in [2.75, 3.05) is 5.32 Å². The summed E-state index contributed by atoms with van der Waals surface area (Å²) < 4.78 is 40.1. The highest BCUT2D eigenvalue weighted by Gasteiger charge is 2.48. The van der Waals surface area contributed by atoms with Crippen molar-refractivity contribution >= 4 is 33.5 Å². The van der Waals surface area contributed by atoms with Crippen LogP contribution in [0, 0.1) is 11.8 Å². The van der Waals surface area contributed by atoms with E-state index >= 15 is 0 Å². The highest BCUT2D eigenvalue weighted by molar-refractivity contribution is 9.10. The lowest BCUT2D eigenvalue weighted by Crippen LogP contribution is -2.18. The molecule has 1 aromatic carbocycles. The number of ether oxygens (including phenoxy) is 1. The molecule has 0 bridgehead atoms. The van der Waals surface area contributed by atoms with Gasteiger partial charge >= 0.3 is 12.3 Å². The van der Waals surface area contributed by atoms with Gasteiger partial charge in [-0.1, -0.05) is 0 Å². The molecule has 0 aliphatic heterocycles. The number of carbonyl (C=O) groups excluding carboxylic acids is 1. The number of amides is 1. The van der Waals surface area contributed by atoms with Crippen molar-refractivity contribution in [1.29, 1.82) is 0 Å². The summed E-state index contributed by atoms with van der Waals surface area (Å²) in [6.45, 7) is 0. The van der Waals surface area contributed by atoms with Crippen LogP contribution in [0.2, 0.25) is 0 Å². The molecule has 2 N–H and O–H groups in total. The van der Waals surface area contributed by atoms with Crippen LogP contribution in [0.1, 0.15) is 6.42 Å². The first-order chi connectivity index (χ1) is 9.67. The number of nitrogens with one attached hydrogen (secondary N) is 1. The Morgan fingerprint density at radius 3 is 2.48 bits per heavy atom. The van der Waals surface area contributed by atoms with Crippen LogP contribution < -0.4 is 10.1 Å². The minimum Gasteiger partial charge on any atom is -0.481 e. The van der Waals surface area contributed by atoms with Crippen molar-refractivity contribution in [1.82, 2.24) is 0 Å². The number of halogens is 4. The first kappa shape index (κ1) is 15.6. The number of aliphatic carboxylic acids is 1. The second-order valence-electron chi connectivity index (χ2n) is 4.47. The molecular weight excluding hydrogens is 359 g/mol. The third kappa shape index (κ3) is 4.10. The predicted octanol–water partition coefficient (Wildman–Crippen LogP) is 3.01. The summed E-state index contributed by atoms with van der Waals surface area (Å²) in [5.74, 6) is -3.24. The van der Waals surface area contributed by atoms with Crippen LogP contribution in [0.4, 0.5) is 18.9 Å². The molecular formula is C12H9BrF3NO4. The zero-order valence-corrected chi connectivity index (χ0v) is 11.9. The van der Waals surface area contributed by atoms with Gasteiger partial charge in [-0.15, -0.1) is 13.2 Å². The Hall–Kier alpha value is -1.77. The molecule has 0 saturated heterocycles. The standard InChI is InChI=1S/C12H9BrF3NO4/c13-8-3-5(1-2-9(8)21-12(14,15)16)17-10(18)6-4-7(6)11(19)20/h1-3,6-7H,4H2,(H,17,18)(H,19,20). The van der Waals surface area contributed by atoms with E-state index in [1.54, 1.807) is 0 Å². The molecule has 5 nitrogen and oxygen atoms in total. The predicted molar refractivity (Wildman–Crippen MR) is 68.7 cm³/mol. The number of carbonyl (C=O) groups is 2. The third-order valence-electron chi connectivity index (χ3n) is 2.87. The van der Waals surface area contributed by atoms with Gasteiger partial charge in [-0.2, -0.15) is 0 Å². The summed E-state index contributed by atoms with van der Waals surface area (Å²) in [6.07, 6.45) is -4.55. The number of carboxylic acids is 1. The Kier molecular flexibility index (Phi) is 4.13. The number of benzene rings is 1. The topological polar surface area (TPSA) is 75.6 Å². The summed E-state index contributed by atoms with van der Waals surface area (Å²) in [5, 5.41) is 11.2. The lowest BCUT2D eigenvalue weighted by Gasteiger charge is -2.12. The Balaban J connectivity index is 2.01. The van der Waals surface area contributed by atoms with E-state index in [9.17, 15) is 22.8 Å². The monoisotopic (exact) mass is 367 g/mol. The van der Waals surface area contributed by atoms with Gasteiger partial charge in [0.2, 0.25) is 5.91 Å². The van der Waals surface area contributed by atoms with E-state index in [1.807, 2.05) is 0 Å². The molecule has 0 spiro atoms. The Morgan fingerprint density at radius 1 is 1.33 bits per heavy atom. The van der Waals surface area contributed by atoms with Crippen molar-refractivity contribution in [3.63, 3.8) is 0 Å². The quantitative estimate of drug-likeness (QED) is 0.857. The van der Waals surface area contributed by atoms with Gasteiger partial charge in [0.25, 0.3) is 0 Å². The van der Waals surface area contributed by atoms with E-state index in [1.165, 1.54) is 12.1 Å². The van der Waals surface area contributed by atoms with Gasteiger partial charge in [0.05, 0.1) is 16.3 Å². The Labute approximate surface area is 125 Å². The van der Waals surface area contributed by atoms with Crippen LogP contribution in [0.25, 0.3) is 0 Å². The van der Waals surface area contributed by atoms with Crippen molar-refractivity contribution in [2.45, 2.75) is 12.8 Å². The van der Waals surface area contributed by atoms with Gasteiger partial charge in [0.1, 0.15) is 5.75 Å². The third-order valence-corrected chi connectivity index (χ3v) is 3.49. The summed E-state index contributed by atoms with van der Waals surface area (Å²) >= 11 is 2.91. The average Bonchev–Trinajstić information content (AvgIpc) is 3.11. The molecule has 0 radical (unpaired) electrons. The molecule has 2 rings (SSSR count). The second kappa shape index (κ2) is 5.55. The van der Waals surface area contributed by atoms with E-state index in [-0.39, 0.29) is 16.6 Å². The van der Waals surface area contributed by atoms with E-state index in [0.717, 1.165) is 6.07 Å². The van der Waals surface area contributed by atoms with Gasteiger partial charge in [-0.25, -0.2) is 0 Å². The minimum atomic E-state index is -4.81. The highest BCUT2D eigenvalue weighted by atomic mass is 79.9. The summed E-state index contributed by atoms with van der Waals surface area (Å²) in [6, 6.07) is 3.54. The molecule has 0 aromatic heterocycles. The van der Waals surface area contributed by atoms with Crippen molar-refractivity contribution in [2.24, 2.45) is 11.8 Å². The largest absolute Gasteiger partial charge is 0.573 e. The van der Waals surface area contributed by atoms with Crippen LogP contribution in [0.3, 0.4) is 0 Å². The fourth-order valence-corrected chi connectivity index (χ4v) is 2.24. The maximum Gasteiger partial charge on any atom is 0.573 e. The van der Waals surface area contributed by atoms with Gasteiger partial charge in [-0.05, 0) is 40.5 Å². The van der Waals surface area contributed by atoms with Gasteiger partial charge < -0.3 is 15.2 Å². The normalized spacial score (nSPS) is 20.8. The number of hydrogen-bond acceptors (Lipinski definition) is 3. The molecule has 2 unspecified atom stereocenters. The molecule has 1 aliphatic rings. The number of carboxylic acid groups (broad SMARTS) is 1. The average molecular weight is 368 g/mol. The van der Waals surface area contributed by atoms with Crippen molar-refractivity contribution < 1.29 is 32.6 Å². The molecule has 114 valence electrons. The Bertz CT molecular complexity index is 590. The molecule has 1 amide bonds. The fraction of sp³-hybridized carbons (Fsp3) is 0.333. The van der Waals surface area contributed by atoms with Crippen molar-refractivity contribution in [3.8, 4) is 5.75 Å². The molecule has 1 saturated carbocycles. The zero-order chi connectivity index (χ0) is 15.8. The van der Waals surface area contributed by atoms with Crippen LogP contribution >= 0.6 is 15.9 Å². The highest BCUT2D eigenvalue weighted by Crippen LogP contribution is 2.40. The minimum absolute atomic E-state index is 0.0169. The van der Waals surface area contributed by atoms with Crippen molar-refractivity contribution in [3.05, 3.63) is 22.7 Å². The Morgan fingerprint density at radius 2 is 2.00 bits per heavy atom. The van der Waals surface area contributed by atoms with Gasteiger partial charge in [0.15, 0.2) is 0 Å².